The Bertz CT molecular complexity index is 1160. The predicted octanol–water partition coefficient (Wildman–Crippen LogP) is 3.07. The van der Waals surface area contributed by atoms with Gasteiger partial charge in [0, 0.05) is 48.4 Å². The molecule has 0 fully saturated rings. The molecular formula is C20H18FN7O. The van der Waals surface area contributed by atoms with Crippen LogP contribution in [0.1, 0.15) is 12.1 Å². The van der Waals surface area contributed by atoms with Gasteiger partial charge in [0.05, 0.1) is 0 Å². The Labute approximate surface area is 165 Å². The molecule has 3 heterocycles. The smallest absolute Gasteiger partial charge is 0.254 e. The van der Waals surface area contributed by atoms with Crippen molar-refractivity contribution >= 4 is 23.2 Å². The number of fused-ring (bicyclic) bond motifs is 1. The first-order valence-electron chi connectivity index (χ1n) is 9.02. The second-order valence-corrected chi connectivity index (χ2v) is 6.41. The van der Waals surface area contributed by atoms with Crippen molar-refractivity contribution in [1.29, 1.82) is 0 Å². The van der Waals surface area contributed by atoms with E-state index in [2.05, 4.69) is 30.7 Å². The number of aromatic nitrogens is 5. The number of aryl methyl sites for hydroxylation is 1. The quantitative estimate of drug-likeness (QED) is 0.524. The second kappa shape index (κ2) is 8.01. The summed E-state index contributed by atoms with van der Waals surface area (Å²) < 4.78 is 14.8. The molecular weight excluding hydrogens is 373 g/mol. The molecule has 146 valence electrons. The molecule has 0 spiro atoms. The molecule has 3 aromatic heterocycles. The number of carbonyl (C=O) groups is 1. The zero-order valence-electron chi connectivity index (χ0n) is 15.6. The highest BCUT2D eigenvalue weighted by atomic mass is 19.1. The topological polar surface area (TPSA) is 97.1 Å². The van der Waals surface area contributed by atoms with Crippen molar-refractivity contribution in [1.82, 2.24) is 24.6 Å². The van der Waals surface area contributed by atoms with Gasteiger partial charge in [0.25, 0.3) is 5.78 Å². The summed E-state index contributed by atoms with van der Waals surface area (Å²) in [6.07, 6.45) is 3.57. The van der Waals surface area contributed by atoms with E-state index in [9.17, 15) is 9.18 Å². The highest BCUT2D eigenvalue weighted by molar-refractivity contribution is 5.90. The van der Waals surface area contributed by atoms with Crippen LogP contribution in [-0.2, 0) is 4.79 Å². The highest BCUT2D eigenvalue weighted by Gasteiger charge is 2.12. The van der Waals surface area contributed by atoms with Crippen molar-refractivity contribution in [2.45, 2.75) is 13.3 Å². The number of nitrogens with zero attached hydrogens (tertiary/aromatic N) is 5. The zero-order valence-corrected chi connectivity index (χ0v) is 15.6. The van der Waals surface area contributed by atoms with Gasteiger partial charge in [0.2, 0.25) is 5.91 Å². The van der Waals surface area contributed by atoms with Gasteiger partial charge in [-0.2, -0.15) is 9.50 Å². The lowest BCUT2D eigenvalue weighted by molar-refractivity contribution is -0.115. The monoisotopic (exact) mass is 391 g/mol. The first kappa shape index (κ1) is 18.5. The maximum atomic E-state index is 13.2. The molecule has 4 aromatic rings. The summed E-state index contributed by atoms with van der Waals surface area (Å²) in [5.41, 5.74) is 1.99. The number of amides is 1. The van der Waals surface area contributed by atoms with E-state index in [1.807, 2.05) is 25.1 Å². The van der Waals surface area contributed by atoms with E-state index in [1.54, 1.807) is 29.0 Å². The molecule has 9 heteroatoms. The molecule has 0 bridgehead atoms. The number of nitrogens with one attached hydrogen (secondary N) is 2. The fraction of sp³-hybridized carbons (Fsp3) is 0.150. The lowest BCUT2D eigenvalue weighted by Crippen LogP contribution is -2.17. The largest absolute Gasteiger partial charge is 0.369 e. The summed E-state index contributed by atoms with van der Waals surface area (Å²) in [6.45, 7) is 2.22. The van der Waals surface area contributed by atoms with E-state index in [-0.39, 0.29) is 12.3 Å². The molecule has 2 N–H and O–H groups in total. The van der Waals surface area contributed by atoms with Gasteiger partial charge >= 0.3 is 0 Å². The first-order chi connectivity index (χ1) is 14.1. The summed E-state index contributed by atoms with van der Waals surface area (Å²) in [5, 5.41) is 10.4. The van der Waals surface area contributed by atoms with Crippen LogP contribution in [0.15, 0.2) is 54.9 Å². The van der Waals surface area contributed by atoms with Crippen LogP contribution in [0.4, 0.5) is 15.9 Å². The minimum Gasteiger partial charge on any atom is -0.369 e. The third-order valence-corrected chi connectivity index (χ3v) is 4.13. The zero-order chi connectivity index (χ0) is 20.2. The standard InChI is InChI=1S/C20H18FN7O/c1-13-10-17(23-9-7-18(29)25-16-6-2-5-15(21)11-16)28-20(24-13)26-19(27-28)14-4-3-8-22-12-14/h2-6,8,10-12,23H,7,9H2,1H3,(H,25,29). The third-order valence-electron chi connectivity index (χ3n) is 4.13. The Kier molecular flexibility index (Phi) is 5.10. The Morgan fingerprint density at radius 3 is 2.86 bits per heavy atom. The van der Waals surface area contributed by atoms with E-state index >= 15 is 0 Å². The van der Waals surface area contributed by atoms with E-state index in [0.717, 1.165) is 11.3 Å². The lowest BCUT2D eigenvalue weighted by Gasteiger charge is -2.09. The Hall–Kier alpha value is -3.88. The van der Waals surface area contributed by atoms with Gasteiger partial charge in [-0.15, -0.1) is 5.10 Å². The Balaban J connectivity index is 1.46. The lowest BCUT2D eigenvalue weighted by atomic mass is 10.3. The van der Waals surface area contributed by atoms with Crippen molar-refractivity contribution in [3.63, 3.8) is 0 Å². The second-order valence-electron chi connectivity index (χ2n) is 6.41. The number of carbonyl (C=O) groups excluding carboxylic acids is 1. The van der Waals surface area contributed by atoms with Gasteiger partial charge in [-0.05, 0) is 37.3 Å². The molecule has 4 rings (SSSR count). The molecule has 1 amide bonds. The fourth-order valence-electron chi connectivity index (χ4n) is 2.82. The molecule has 0 unspecified atom stereocenters. The predicted molar refractivity (Wildman–Crippen MR) is 107 cm³/mol. The van der Waals surface area contributed by atoms with Gasteiger partial charge < -0.3 is 10.6 Å². The molecule has 0 radical (unpaired) electrons. The number of pyridine rings is 1. The van der Waals surface area contributed by atoms with Crippen molar-refractivity contribution in [2.24, 2.45) is 0 Å². The van der Waals surface area contributed by atoms with Crippen LogP contribution in [0.25, 0.3) is 17.2 Å². The number of anilines is 2. The van der Waals surface area contributed by atoms with Crippen LogP contribution in [0.2, 0.25) is 0 Å². The first-order valence-corrected chi connectivity index (χ1v) is 9.02. The number of rotatable bonds is 6. The molecule has 0 saturated carbocycles. The van der Waals surface area contributed by atoms with E-state index in [1.165, 1.54) is 12.1 Å². The molecule has 29 heavy (non-hydrogen) atoms. The van der Waals surface area contributed by atoms with Crippen LogP contribution in [0.5, 0.6) is 0 Å². The van der Waals surface area contributed by atoms with Gasteiger partial charge in [0.15, 0.2) is 5.82 Å². The number of benzene rings is 1. The van der Waals surface area contributed by atoms with E-state index in [4.69, 9.17) is 0 Å². The number of hydrogen-bond acceptors (Lipinski definition) is 6. The number of hydrogen-bond donors (Lipinski definition) is 2. The van der Waals surface area contributed by atoms with Crippen molar-refractivity contribution in [3.05, 3.63) is 66.4 Å². The maximum absolute atomic E-state index is 13.2. The molecule has 0 aliphatic rings. The third kappa shape index (κ3) is 4.34. The molecule has 0 aliphatic heterocycles. The van der Waals surface area contributed by atoms with Crippen molar-refractivity contribution in [3.8, 4) is 11.4 Å². The molecule has 8 nitrogen and oxygen atoms in total. The Morgan fingerprint density at radius 1 is 1.17 bits per heavy atom. The van der Waals surface area contributed by atoms with Crippen LogP contribution >= 0.6 is 0 Å². The highest BCUT2D eigenvalue weighted by Crippen LogP contribution is 2.18. The normalized spacial score (nSPS) is 10.8. The summed E-state index contributed by atoms with van der Waals surface area (Å²) in [7, 11) is 0. The van der Waals surface area contributed by atoms with Gasteiger partial charge in [0.1, 0.15) is 11.6 Å². The van der Waals surface area contributed by atoms with Gasteiger partial charge in [-0.25, -0.2) is 9.37 Å². The minimum absolute atomic E-state index is 0.198. The van der Waals surface area contributed by atoms with E-state index < -0.39 is 5.82 Å². The summed E-state index contributed by atoms with van der Waals surface area (Å²) in [4.78, 5) is 25.1. The molecule has 0 saturated heterocycles. The Morgan fingerprint density at radius 2 is 2.07 bits per heavy atom. The van der Waals surface area contributed by atoms with Crippen molar-refractivity contribution in [2.75, 3.05) is 17.2 Å². The van der Waals surface area contributed by atoms with Crippen LogP contribution in [0.3, 0.4) is 0 Å². The molecule has 1 aromatic carbocycles. The SMILES string of the molecule is Cc1cc(NCCC(=O)Nc2cccc(F)c2)n2nc(-c3cccnc3)nc2n1. The van der Waals surface area contributed by atoms with Crippen LogP contribution in [-0.4, -0.2) is 37.0 Å². The van der Waals surface area contributed by atoms with Gasteiger partial charge in [-0.3, -0.25) is 9.78 Å². The summed E-state index contributed by atoms with van der Waals surface area (Å²) in [6, 6.07) is 11.3. The fourth-order valence-corrected chi connectivity index (χ4v) is 2.82. The summed E-state index contributed by atoms with van der Waals surface area (Å²) in [5.74, 6) is 1.03. The average molecular weight is 391 g/mol. The molecule has 0 aliphatic carbocycles. The minimum atomic E-state index is -0.397. The van der Waals surface area contributed by atoms with Crippen LogP contribution in [0, 0.1) is 12.7 Å². The number of halogens is 1. The summed E-state index contributed by atoms with van der Waals surface area (Å²) >= 11 is 0. The van der Waals surface area contributed by atoms with Crippen molar-refractivity contribution < 1.29 is 9.18 Å². The maximum Gasteiger partial charge on any atom is 0.254 e. The van der Waals surface area contributed by atoms with E-state index in [0.29, 0.717) is 29.7 Å². The van der Waals surface area contributed by atoms with Crippen LogP contribution < -0.4 is 10.6 Å². The molecule has 0 atom stereocenters. The van der Waals surface area contributed by atoms with Gasteiger partial charge in [-0.1, -0.05) is 6.07 Å². The average Bonchev–Trinajstić information content (AvgIpc) is 3.13.